The van der Waals surface area contributed by atoms with Gasteiger partial charge in [0.15, 0.2) is 0 Å². The van der Waals surface area contributed by atoms with E-state index in [1.54, 1.807) is 17.0 Å². The van der Waals surface area contributed by atoms with E-state index in [1.165, 1.54) is 24.2 Å². The number of halogens is 2. The number of piperazine rings is 1. The van der Waals surface area contributed by atoms with Crippen molar-refractivity contribution in [1.82, 2.24) is 14.7 Å². The Labute approximate surface area is 278 Å². The fourth-order valence-corrected chi connectivity index (χ4v) is 8.18. The predicted molar refractivity (Wildman–Crippen MR) is 180 cm³/mol. The number of rotatable bonds is 8. The molecule has 3 fully saturated rings. The van der Waals surface area contributed by atoms with Gasteiger partial charge < -0.3 is 19.9 Å². The van der Waals surface area contributed by atoms with E-state index < -0.39 is 0 Å². The maximum Gasteiger partial charge on any atom is 0.257 e. The molecule has 8 nitrogen and oxygen atoms in total. The molecule has 1 N–H and O–H groups in total. The molecule has 0 unspecified atom stereocenters. The van der Waals surface area contributed by atoms with Gasteiger partial charge in [-0.1, -0.05) is 48.3 Å². The number of likely N-dealkylation sites (tertiary alicyclic amines) is 1. The van der Waals surface area contributed by atoms with Crippen molar-refractivity contribution < 1.29 is 19.1 Å². The number of anilines is 1. The Bertz CT molecular complexity index is 1570. The van der Waals surface area contributed by atoms with E-state index in [0.29, 0.717) is 53.1 Å². The van der Waals surface area contributed by atoms with Gasteiger partial charge in [-0.25, -0.2) is 0 Å². The highest BCUT2D eigenvalue weighted by molar-refractivity contribution is 7.17. The second-order valence-electron chi connectivity index (χ2n) is 12.8. The molecule has 3 heterocycles. The van der Waals surface area contributed by atoms with E-state index in [0.717, 1.165) is 41.8 Å². The number of likely N-dealkylation sites (N-methyl/N-ethyl adjacent to an activating group) is 1. The van der Waals surface area contributed by atoms with Crippen LogP contribution in [0.2, 0.25) is 10.0 Å². The highest BCUT2D eigenvalue weighted by Crippen LogP contribution is 2.33. The topological polar surface area (TPSA) is 82.2 Å². The average molecular weight is 672 g/mol. The van der Waals surface area contributed by atoms with Crippen LogP contribution in [0.3, 0.4) is 0 Å². The van der Waals surface area contributed by atoms with Crippen LogP contribution in [0.25, 0.3) is 10.1 Å². The number of nitrogens with zero attached hydrogens (tertiary/aromatic N) is 3. The van der Waals surface area contributed by atoms with Gasteiger partial charge in [-0.05, 0) is 61.8 Å². The number of carbonyl (C=O) groups is 3. The molecule has 1 aliphatic carbocycles. The van der Waals surface area contributed by atoms with Gasteiger partial charge in [0.05, 0.1) is 48.0 Å². The lowest BCUT2D eigenvalue weighted by atomic mass is 9.89. The quantitative estimate of drug-likeness (QED) is 0.302. The van der Waals surface area contributed by atoms with Gasteiger partial charge in [0.2, 0.25) is 11.8 Å². The number of thiophene rings is 1. The minimum atomic E-state index is -0.269. The first-order chi connectivity index (χ1) is 21.7. The van der Waals surface area contributed by atoms with Crippen LogP contribution in [0.5, 0.6) is 0 Å². The summed E-state index contributed by atoms with van der Waals surface area (Å²) < 4.78 is 7.43. The van der Waals surface area contributed by atoms with Crippen molar-refractivity contribution in [3.63, 3.8) is 0 Å². The molecule has 3 aromatic rings. The van der Waals surface area contributed by atoms with E-state index in [2.05, 4.69) is 17.1 Å². The van der Waals surface area contributed by atoms with Crippen LogP contribution in [-0.4, -0.2) is 90.4 Å². The molecule has 2 saturated heterocycles. The maximum absolute atomic E-state index is 13.9. The summed E-state index contributed by atoms with van der Waals surface area (Å²) in [4.78, 5) is 45.4. The number of benzene rings is 2. The Kier molecular flexibility index (Phi) is 10.0. The molecule has 11 heteroatoms. The molecule has 1 saturated carbocycles. The van der Waals surface area contributed by atoms with Crippen molar-refractivity contribution in [2.45, 2.75) is 63.6 Å². The lowest BCUT2D eigenvalue weighted by Crippen LogP contribution is -2.52. The Morgan fingerprint density at radius 1 is 1.07 bits per heavy atom. The molecule has 0 spiro atoms. The zero-order valence-corrected chi connectivity index (χ0v) is 28.1. The first-order valence-corrected chi connectivity index (χ1v) is 17.4. The van der Waals surface area contributed by atoms with Gasteiger partial charge in [-0.15, -0.1) is 11.3 Å². The van der Waals surface area contributed by atoms with Gasteiger partial charge in [0.25, 0.3) is 5.91 Å². The van der Waals surface area contributed by atoms with E-state index >= 15 is 0 Å². The summed E-state index contributed by atoms with van der Waals surface area (Å²) in [6.45, 7) is 5.16. The lowest BCUT2D eigenvalue weighted by molar-refractivity contribution is -0.135. The van der Waals surface area contributed by atoms with Crippen LogP contribution in [0.1, 0.15) is 54.9 Å². The van der Waals surface area contributed by atoms with E-state index in [-0.39, 0.29) is 42.3 Å². The summed E-state index contributed by atoms with van der Waals surface area (Å²) in [5.41, 5.74) is 1.57. The second kappa shape index (κ2) is 14.0. The van der Waals surface area contributed by atoms with Crippen molar-refractivity contribution in [1.29, 1.82) is 0 Å². The first kappa shape index (κ1) is 32.3. The molecule has 240 valence electrons. The molecule has 3 amide bonds. The highest BCUT2D eigenvalue weighted by atomic mass is 35.5. The number of carbonyl (C=O) groups excluding carboxylic acids is 3. The third-order valence-electron chi connectivity index (χ3n) is 9.65. The third kappa shape index (κ3) is 7.33. The molecule has 3 aliphatic rings. The Hall–Kier alpha value is -2.69. The first-order valence-electron chi connectivity index (χ1n) is 15.8. The number of hydrogen-bond acceptors (Lipinski definition) is 6. The van der Waals surface area contributed by atoms with Crippen LogP contribution in [0.15, 0.2) is 41.8 Å². The van der Waals surface area contributed by atoms with Crippen LogP contribution in [-0.2, 0) is 20.7 Å². The summed E-state index contributed by atoms with van der Waals surface area (Å²) in [6, 6.07) is 11.0. The fourth-order valence-electron chi connectivity index (χ4n) is 6.78. The van der Waals surface area contributed by atoms with Gasteiger partial charge in [0, 0.05) is 53.2 Å². The SMILES string of the molecule is CN1CCN([C@H]2C[C@@H](CO[C@H]3CC[C@H](C)CC3)N(C(=O)Cc3cc(Cl)c(NC(=O)c4csc5ccccc45)cc3Cl)C2)CC1=O. The van der Waals surface area contributed by atoms with Crippen LogP contribution >= 0.6 is 34.5 Å². The van der Waals surface area contributed by atoms with Crippen molar-refractivity contribution in [2.24, 2.45) is 5.92 Å². The van der Waals surface area contributed by atoms with Crippen LogP contribution in [0, 0.1) is 5.92 Å². The average Bonchev–Trinajstić information content (AvgIpc) is 3.66. The maximum atomic E-state index is 13.9. The number of nitrogens with one attached hydrogen (secondary N) is 1. The standard InChI is InChI=1S/C34H40Cl2N4O4S/c1-21-7-9-25(10-8-21)44-19-24-15-23(39-12-11-38(2)33(42)18-39)17-40(24)32(41)14-22-13-29(36)30(16-28(22)35)37-34(43)27-20-45-31-6-4-3-5-26(27)31/h3-6,13,16,20-21,23-25H,7-12,14-15,17-19H2,1-2H3,(H,37,43)/t21-,23-,24-,25-/m0/s1. The fraction of sp³-hybridized carbons (Fsp3) is 0.500. The summed E-state index contributed by atoms with van der Waals surface area (Å²) in [7, 11) is 1.83. The Balaban J connectivity index is 1.14. The van der Waals surface area contributed by atoms with Crippen LogP contribution < -0.4 is 5.32 Å². The molecule has 0 bridgehead atoms. The molecule has 2 atom stereocenters. The summed E-state index contributed by atoms with van der Waals surface area (Å²) in [6.07, 6.45) is 5.52. The second-order valence-corrected chi connectivity index (χ2v) is 14.5. The molecular formula is C34H40Cl2N4O4S. The Morgan fingerprint density at radius 3 is 2.62 bits per heavy atom. The highest BCUT2D eigenvalue weighted by Gasteiger charge is 2.40. The van der Waals surface area contributed by atoms with Gasteiger partial charge >= 0.3 is 0 Å². The lowest BCUT2D eigenvalue weighted by Gasteiger charge is -2.35. The van der Waals surface area contributed by atoms with Gasteiger partial charge in [-0.2, -0.15) is 0 Å². The third-order valence-corrected chi connectivity index (χ3v) is 11.3. The smallest absolute Gasteiger partial charge is 0.257 e. The minimum absolute atomic E-state index is 0.0525. The van der Waals surface area contributed by atoms with E-state index in [9.17, 15) is 14.4 Å². The monoisotopic (exact) mass is 670 g/mol. The number of hydrogen-bond donors (Lipinski definition) is 1. The van der Waals surface area contributed by atoms with Crippen LogP contribution in [0.4, 0.5) is 5.69 Å². The zero-order valence-electron chi connectivity index (χ0n) is 25.8. The number of fused-ring (bicyclic) bond motifs is 1. The number of ether oxygens (including phenoxy) is 1. The summed E-state index contributed by atoms with van der Waals surface area (Å²) in [5.74, 6) is 0.523. The van der Waals surface area contributed by atoms with Crippen molar-refractivity contribution in [3.8, 4) is 0 Å². The van der Waals surface area contributed by atoms with Crippen molar-refractivity contribution >= 4 is 68.0 Å². The Morgan fingerprint density at radius 2 is 1.84 bits per heavy atom. The van der Waals surface area contributed by atoms with Gasteiger partial charge in [-0.3, -0.25) is 19.3 Å². The minimum Gasteiger partial charge on any atom is -0.376 e. The molecular weight excluding hydrogens is 631 g/mol. The largest absolute Gasteiger partial charge is 0.376 e. The predicted octanol–water partition coefficient (Wildman–Crippen LogP) is 6.34. The van der Waals surface area contributed by atoms with E-state index in [4.69, 9.17) is 27.9 Å². The molecule has 2 aliphatic heterocycles. The molecule has 0 radical (unpaired) electrons. The molecule has 1 aromatic heterocycles. The van der Waals surface area contributed by atoms with Crippen molar-refractivity contribution in [2.75, 3.05) is 45.2 Å². The van der Waals surface area contributed by atoms with Gasteiger partial charge in [0.1, 0.15) is 0 Å². The molecule has 2 aromatic carbocycles. The normalized spacial score (nSPS) is 24.4. The van der Waals surface area contributed by atoms with E-state index in [1.807, 2.05) is 41.6 Å². The van der Waals surface area contributed by atoms with Crippen molar-refractivity contribution in [3.05, 3.63) is 63.0 Å². The summed E-state index contributed by atoms with van der Waals surface area (Å²) >= 11 is 14.8. The number of amides is 3. The zero-order chi connectivity index (χ0) is 31.7. The molecule has 6 rings (SSSR count). The summed E-state index contributed by atoms with van der Waals surface area (Å²) in [5, 5.41) is 6.28. The molecule has 45 heavy (non-hydrogen) atoms.